The number of hydrogen-bond acceptors (Lipinski definition) is 5. The van der Waals surface area contributed by atoms with Crippen molar-refractivity contribution in [2.45, 2.75) is 38.8 Å². The number of thiophene rings is 1. The standard InChI is InChI=1S/C14H20N2OS2/c1-3-6-14(2,10-17)15-8-11-9-19-13(16-11)12-5-4-7-18-12/h4-5,7,9,15,17H,3,6,8,10H2,1-2H3. The average molecular weight is 296 g/mol. The first-order chi connectivity index (χ1) is 9.17. The zero-order valence-corrected chi connectivity index (χ0v) is 13.0. The Bertz CT molecular complexity index is 495. The second kappa shape index (κ2) is 6.61. The van der Waals surface area contributed by atoms with Crippen LogP contribution in [0.3, 0.4) is 0 Å². The molecular formula is C14H20N2OS2. The summed E-state index contributed by atoms with van der Waals surface area (Å²) in [6.07, 6.45) is 2.02. The van der Waals surface area contributed by atoms with Crippen LogP contribution >= 0.6 is 22.7 Å². The van der Waals surface area contributed by atoms with Crippen molar-refractivity contribution in [1.82, 2.24) is 10.3 Å². The van der Waals surface area contributed by atoms with Crippen molar-refractivity contribution in [3.8, 4) is 9.88 Å². The van der Waals surface area contributed by atoms with E-state index in [1.165, 1.54) is 4.88 Å². The van der Waals surface area contributed by atoms with Crippen molar-refractivity contribution in [2.75, 3.05) is 6.61 Å². The normalized spacial score (nSPS) is 14.5. The van der Waals surface area contributed by atoms with Crippen molar-refractivity contribution in [1.29, 1.82) is 0 Å². The van der Waals surface area contributed by atoms with Crippen LogP contribution in [0.4, 0.5) is 0 Å². The van der Waals surface area contributed by atoms with Crippen molar-refractivity contribution in [3.63, 3.8) is 0 Å². The molecular weight excluding hydrogens is 276 g/mol. The largest absolute Gasteiger partial charge is 0.394 e. The summed E-state index contributed by atoms with van der Waals surface area (Å²) >= 11 is 3.39. The van der Waals surface area contributed by atoms with E-state index in [0.29, 0.717) is 6.54 Å². The molecule has 3 nitrogen and oxygen atoms in total. The molecule has 2 N–H and O–H groups in total. The van der Waals surface area contributed by atoms with Crippen molar-refractivity contribution in [2.24, 2.45) is 0 Å². The fraction of sp³-hybridized carbons (Fsp3) is 0.500. The predicted octanol–water partition coefficient (Wildman–Crippen LogP) is 3.51. The number of aromatic nitrogens is 1. The molecule has 0 saturated carbocycles. The monoisotopic (exact) mass is 296 g/mol. The van der Waals surface area contributed by atoms with Gasteiger partial charge in [0.1, 0.15) is 5.01 Å². The Balaban J connectivity index is 1.97. The third kappa shape index (κ3) is 3.86. The molecule has 0 fully saturated rings. The third-order valence-corrected chi connectivity index (χ3v) is 5.06. The first-order valence-corrected chi connectivity index (χ1v) is 8.27. The van der Waals surface area contributed by atoms with Gasteiger partial charge < -0.3 is 10.4 Å². The van der Waals surface area contributed by atoms with Gasteiger partial charge in [-0.2, -0.15) is 0 Å². The van der Waals surface area contributed by atoms with Gasteiger partial charge in [-0.05, 0) is 24.8 Å². The topological polar surface area (TPSA) is 45.1 Å². The second-order valence-corrected chi connectivity index (χ2v) is 6.75. The Labute approximate surface area is 122 Å². The van der Waals surface area contributed by atoms with E-state index in [1.54, 1.807) is 22.7 Å². The number of hydrogen-bond donors (Lipinski definition) is 2. The molecule has 5 heteroatoms. The van der Waals surface area contributed by atoms with Gasteiger partial charge in [-0.3, -0.25) is 0 Å². The van der Waals surface area contributed by atoms with Crippen LogP contribution < -0.4 is 5.32 Å². The minimum atomic E-state index is -0.207. The first-order valence-electron chi connectivity index (χ1n) is 6.51. The van der Waals surface area contributed by atoms with E-state index in [2.05, 4.69) is 41.0 Å². The molecule has 2 rings (SSSR count). The van der Waals surface area contributed by atoms with E-state index < -0.39 is 0 Å². The van der Waals surface area contributed by atoms with E-state index in [-0.39, 0.29) is 12.1 Å². The summed E-state index contributed by atoms with van der Waals surface area (Å²) in [5, 5.41) is 18.1. The Kier molecular flexibility index (Phi) is 5.10. The Hall–Kier alpha value is -0.750. The van der Waals surface area contributed by atoms with Gasteiger partial charge in [-0.1, -0.05) is 19.4 Å². The predicted molar refractivity (Wildman–Crippen MR) is 82.7 cm³/mol. The van der Waals surface area contributed by atoms with Crippen LogP contribution in [0.1, 0.15) is 32.4 Å². The van der Waals surface area contributed by atoms with Gasteiger partial charge >= 0.3 is 0 Å². The lowest BCUT2D eigenvalue weighted by Crippen LogP contribution is -2.45. The van der Waals surface area contributed by atoms with E-state index >= 15 is 0 Å². The van der Waals surface area contributed by atoms with Crippen LogP contribution in [0.25, 0.3) is 9.88 Å². The van der Waals surface area contributed by atoms with Crippen LogP contribution in [0, 0.1) is 0 Å². The molecule has 0 spiro atoms. The van der Waals surface area contributed by atoms with E-state index in [9.17, 15) is 5.11 Å². The van der Waals surface area contributed by atoms with E-state index in [1.807, 2.05) is 6.07 Å². The van der Waals surface area contributed by atoms with Gasteiger partial charge in [0.25, 0.3) is 0 Å². The summed E-state index contributed by atoms with van der Waals surface area (Å²) in [7, 11) is 0. The van der Waals surface area contributed by atoms with E-state index in [0.717, 1.165) is 23.5 Å². The molecule has 104 valence electrons. The quantitative estimate of drug-likeness (QED) is 0.822. The maximum atomic E-state index is 9.47. The summed E-state index contributed by atoms with van der Waals surface area (Å²) < 4.78 is 0. The lowest BCUT2D eigenvalue weighted by Gasteiger charge is -2.28. The second-order valence-electron chi connectivity index (χ2n) is 4.94. The number of aliphatic hydroxyl groups excluding tert-OH is 1. The lowest BCUT2D eigenvalue weighted by atomic mass is 9.97. The molecule has 0 radical (unpaired) electrons. The highest BCUT2D eigenvalue weighted by Gasteiger charge is 2.21. The smallest absolute Gasteiger partial charge is 0.133 e. The molecule has 0 aliphatic heterocycles. The number of rotatable bonds is 7. The number of aliphatic hydroxyl groups is 1. The Morgan fingerprint density at radius 1 is 1.42 bits per heavy atom. The molecule has 0 saturated heterocycles. The number of thiazole rings is 1. The molecule has 0 aromatic carbocycles. The number of nitrogens with one attached hydrogen (secondary N) is 1. The summed E-state index contributed by atoms with van der Waals surface area (Å²) in [6.45, 7) is 5.05. The van der Waals surface area contributed by atoms with Crippen molar-refractivity contribution < 1.29 is 5.11 Å². The van der Waals surface area contributed by atoms with Gasteiger partial charge in [0, 0.05) is 17.5 Å². The highest BCUT2D eigenvalue weighted by Crippen LogP contribution is 2.27. The van der Waals surface area contributed by atoms with Gasteiger partial charge in [0.05, 0.1) is 17.2 Å². The molecule has 0 aliphatic rings. The minimum absolute atomic E-state index is 0.156. The summed E-state index contributed by atoms with van der Waals surface area (Å²) in [5.74, 6) is 0. The average Bonchev–Trinajstić information content (AvgIpc) is 3.07. The zero-order valence-electron chi connectivity index (χ0n) is 11.3. The van der Waals surface area contributed by atoms with E-state index in [4.69, 9.17) is 0 Å². The first kappa shape index (κ1) is 14.7. The van der Waals surface area contributed by atoms with Crippen LogP contribution in [-0.2, 0) is 6.54 Å². The third-order valence-electron chi connectivity index (χ3n) is 3.13. The van der Waals surface area contributed by atoms with Gasteiger partial charge in [-0.25, -0.2) is 4.98 Å². The van der Waals surface area contributed by atoms with Gasteiger partial charge in [0.2, 0.25) is 0 Å². The van der Waals surface area contributed by atoms with Crippen molar-refractivity contribution >= 4 is 22.7 Å². The fourth-order valence-corrected chi connectivity index (χ4v) is 3.61. The Morgan fingerprint density at radius 2 is 2.26 bits per heavy atom. The highest BCUT2D eigenvalue weighted by molar-refractivity contribution is 7.20. The van der Waals surface area contributed by atoms with Crippen LogP contribution in [0.2, 0.25) is 0 Å². The zero-order chi connectivity index (χ0) is 13.7. The Morgan fingerprint density at radius 3 is 2.89 bits per heavy atom. The molecule has 0 bridgehead atoms. The maximum absolute atomic E-state index is 9.47. The van der Waals surface area contributed by atoms with Gasteiger partial charge in [0.15, 0.2) is 0 Å². The number of nitrogens with zero attached hydrogens (tertiary/aromatic N) is 1. The highest BCUT2D eigenvalue weighted by atomic mass is 32.1. The molecule has 2 aromatic rings. The van der Waals surface area contributed by atoms with Crippen LogP contribution in [0.5, 0.6) is 0 Å². The molecule has 1 unspecified atom stereocenters. The summed E-state index contributed by atoms with van der Waals surface area (Å²) in [4.78, 5) is 5.85. The molecule has 2 aromatic heterocycles. The molecule has 0 amide bonds. The minimum Gasteiger partial charge on any atom is -0.394 e. The SMILES string of the molecule is CCCC(C)(CO)NCc1csc(-c2cccs2)n1. The van der Waals surface area contributed by atoms with Crippen LogP contribution in [0.15, 0.2) is 22.9 Å². The molecule has 0 aliphatic carbocycles. The van der Waals surface area contributed by atoms with Crippen molar-refractivity contribution in [3.05, 3.63) is 28.6 Å². The van der Waals surface area contributed by atoms with Gasteiger partial charge in [-0.15, -0.1) is 22.7 Å². The fourth-order valence-electron chi connectivity index (χ4n) is 1.98. The van der Waals surface area contributed by atoms with Crippen LogP contribution in [-0.4, -0.2) is 22.2 Å². The molecule has 1 atom stereocenters. The molecule has 19 heavy (non-hydrogen) atoms. The molecule has 2 heterocycles. The lowest BCUT2D eigenvalue weighted by molar-refractivity contribution is 0.163. The summed E-state index contributed by atoms with van der Waals surface area (Å²) in [6, 6.07) is 4.14. The maximum Gasteiger partial charge on any atom is 0.133 e. The summed E-state index contributed by atoms with van der Waals surface area (Å²) in [5.41, 5.74) is 0.839.